The SMILES string of the molecule is COC(=O)C#CC1CC(F)(F)CN1C(=O)C(C)([Si])NC(=O)c1ccc2c(c1)nc(CN1CC=C(c3cccc(OCc4ccc(Cl)cc4F)n3)CC1)n2C[C@@H]1CCO1. The van der Waals surface area contributed by atoms with E-state index in [4.69, 9.17) is 26.1 Å². The second-order valence-electron chi connectivity index (χ2n) is 14.6. The van der Waals surface area contributed by atoms with Gasteiger partial charge in [0.25, 0.3) is 11.8 Å². The van der Waals surface area contributed by atoms with Gasteiger partial charge in [-0.05, 0) is 61.7 Å². The van der Waals surface area contributed by atoms with E-state index in [0.29, 0.717) is 48.2 Å². The fourth-order valence-electron chi connectivity index (χ4n) is 7.02. The number of aromatic nitrogens is 3. The average Bonchev–Trinajstić information content (AvgIpc) is 3.68. The van der Waals surface area contributed by atoms with Crippen molar-refractivity contribution in [3.63, 3.8) is 0 Å². The van der Waals surface area contributed by atoms with Crippen molar-refractivity contribution < 1.29 is 41.8 Å². The number of halogens is 4. The average molecular weight is 832 g/mol. The third-order valence-electron chi connectivity index (χ3n) is 10.2. The number of amides is 2. The molecule has 2 unspecified atom stereocenters. The van der Waals surface area contributed by atoms with Gasteiger partial charge < -0.3 is 29.0 Å². The Hall–Kier alpha value is -5.21. The number of likely N-dealkylation sites (tertiary alicyclic amines) is 1. The van der Waals surface area contributed by atoms with Crippen LogP contribution in [0.3, 0.4) is 0 Å². The van der Waals surface area contributed by atoms with Crippen LogP contribution < -0.4 is 10.1 Å². The summed E-state index contributed by atoms with van der Waals surface area (Å²) in [5, 5.41) is 1.14. The summed E-state index contributed by atoms with van der Waals surface area (Å²) in [6, 6.07) is 13.7. The number of methoxy groups -OCH3 is 1. The first-order valence-corrected chi connectivity index (χ1v) is 19.5. The van der Waals surface area contributed by atoms with Crippen molar-refractivity contribution in [2.24, 2.45) is 0 Å². The Labute approximate surface area is 341 Å². The van der Waals surface area contributed by atoms with Gasteiger partial charge in [-0.2, -0.15) is 0 Å². The second kappa shape index (κ2) is 16.9. The van der Waals surface area contributed by atoms with Crippen LogP contribution in [0.2, 0.25) is 5.02 Å². The number of rotatable bonds is 11. The highest BCUT2D eigenvalue weighted by atomic mass is 35.5. The first-order valence-electron chi connectivity index (χ1n) is 18.6. The largest absolute Gasteiger partial charge is 0.473 e. The van der Waals surface area contributed by atoms with Crippen LogP contribution in [-0.4, -0.2) is 109 Å². The third kappa shape index (κ3) is 9.39. The molecule has 12 nitrogen and oxygen atoms in total. The molecule has 2 fully saturated rings. The number of hydrogen-bond acceptors (Lipinski definition) is 9. The third-order valence-corrected chi connectivity index (χ3v) is 10.8. The summed E-state index contributed by atoms with van der Waals surface area (Å²) in [6.07, 6.45) is 3.02. The Balaban J connectivity index is 1.03. The van der Waals surface area contributed by atoms with Crippen molar-refractivity contribution in [3.8, 4) is 17.7 Å². The molecular weight excluding hydrogens is 793 g/mol. The minimum atomic E-state index is -3.24. The standard InChI is InChI=1S/C41H39ClF3N6O6Si/c1-40(58,39(54)51-24-41(44,45)20-29(51)9-11-37(52)55-2)48-38(53)26-7-10-34-33(18-26)46-35(50(34)21-30-14-17-56-30)22-49-15-12-25(13-16-49)32-4-3-5-36(47-32)57-23-27-6-8-28(42)19-31(27)43/h3-8,10,12,18-19,29-30H,13-17,20-24H2,1-2H3,(H,48,53)/t29?,30-,40?/m0/s1. The number of benzene rings is 2. The fraction of sp³-hybridized carbons (Fsp3) is 0.390. The van der Waals surface area contributed by atoms with Crippen LogP contribution >= 0.6 is 11.6 Å². The zero-order chi connectivity index (χ0) is 41.2. The molecule has 1 N–H and O–H groups in total. The van der Waals surface area contributed by atoms with Crippen LogP contribution in [-0.2, 0) is 38.8 Å². The van der Waals surface area contributed by atoms with E-state index in [1.165, 1.54) is 13.0 Å². The van der Waals surface area contributed by atoms with Crippen LogP contribution in [0.5, 0.6) is 5.88 Å². The minimum absolute atomic E-state index is 0.0145. The summed E-state index contributed by atoms with van der Waals surface area (Å²) >= 11 is 5.87. The Morgan fingerprint density at radius 3 is 2.67 bits per heavy atom. The molecule has 17 heteroatoms. The Morgan fingerprint density at radius 1 is 1.16 bits per heavy atom. The molecule has 3 aliphatic rings. The number of alkyl halides is 2. The van der Waals surface area contributed by atoms with Gasteiger partial charge in [0.1, 0.15) is 18.2 Å². The van der Waals surface area contributed by atoms with Crippen LogP contribution in [0, 0.1) is 17.7 Å². The van der Waals surface area contributed by atoms with Gasteiger partial charge in [0.2, 0.25) is 11.8 Å². The molecule has 3 radical (unpaired) electrons. The van der Waals surface area contributed by atoms with Crippen LogP contribution in [0.25, 0.3) is 16.6 Å². The highest BCUT2D eigenvalue weighted by molar-refractivity contribution is 6.30. The summed E-state index contributed by atoms with van der Waals surface area (Å²) in [7, 11) is 4.42. The van der Waals surface area contributed by atoms with E-state index in [-0.39, 0.29) is 18.3 Å². The van der Waals surface area contributed by atoms with Gasteiger partial charge in [0.05, 0.1) is 71.0 Å². The summed E-state index contributed by atoms with van der Waals surface area (Å²) in [5.74, 6) is -0.400. The lowest BCUT2D eigenvalue weighted by Crippen LogP contribution is -2.59. The lowest BCUT2D eigenvalue weighted by atomic mass is 10.0. The molecule has 7 rings (SSSR count). The van der Waals surface area contributed by atoms with E-state index < -0.39 is 53.7 Å². The van der Waals surface area contributed by atoms with Gasteiger partial charge in [-0.25, -0.2) is 27.9 Å². The quantitative estimate of drug-likeness (QED) is 0.0972. The minimum Gasteiger partial charge on any atom is -0.473 e. The maximum atomic E-state index is 14.4. The molecule has 3 atom stereocenters. The number of imidazole rings is 1. The zero-order valence-electron chi connectivity index (χ0n) is 31.7. The molecule has 58 heavy (non-hydrogen) atoms. The highest BCUT2D eigenvalue weighted by Gasteiger charge is 2.49. The fourth-order valence-corrected chi connectivity index (χ4v) is 7.44. The topological polar surface area (TPSA) is 128 Å². The van der Waals surface area contributed by atoms with Gasteiger partial charge >= 0.3 is 5.97 Å². The number of nitrogens with one attached hydrogen (secondary N) is 1. The molecule has 5 heterocycles. The van der Waals surface area contributed by atoms with Crippen molar-refractivity contribution in [2.45, 2.75) is 69.1 Å². The molecule has 4 aromatic rings. The Bertz CT molecular complexity index is 2340. The maximum Gasteiger partial charge on any atom is 0.384 e. The smallest absolute Gasteiger partial charge is 0.384 e. The predicted molar refractivity (Wildman–Crippen MR) is 208 cm³/mol. The number of carbonyl (C=O) groups is 3. The Morgan fingerprint density at radius 2 is 1.97 bits per heavy atom. The van der Waals surface area contributed by atoms with Crippen molar-refractivity contribution in [1.29, 1.82) is 0 Å². The lowest BCUT2D eigenvalue weighted by Gasteiger charge is -2.32. The van der Waals surface area contributed by atoms with Gasteiger partial charge in [-0.3, -0.25) is 14.5 Å². The maximum absolute atomic E-state index is 14.4. The summed E-state index contributed by atoms with van der Waals surface area (Å²) in [4.78, 5) is 51.3. The van der Waals surface area contributed by atoms with E-state index >= 15 is 0 Å². The summed E-state index contributed by atoms with van der Waals surface area (Å²) < 4.78 is 61.3. The van der Waals surface area contributed by atoms with E-state index in [0.717, 1.165) is 54.0 Å². The summed E-state index contributed by atoms with van der Waals surface area (Å²) in [6.45, 7) is 3.57. The molecule has 0 spiro atoms. The molecule has 2 saturated heterocycles. The van der Waals surface area contributed by atoms with Crippen LogP contribution in [0.15, 0.2) is 60.7 Å². The molecule has 0 aliphatic carbocycles. The van der Waals surface area contributed by atoms with Crippen molar-refractivity contribution in [3.05, 3.63) is 94.2 Å². The number of fused-ring (bicyclic) bond motifs is 1. The second-order valence-corrected chi connectivity index (χ2v) is 16.0. The first kappa shape index (κ1) is 41.0. The van der Waals surface area contributed by atoms with Gasteiger partial charge in [0, 0.05) is 54.3 Å². The molecule has 301 valence electrons. The first-order chi connectivity index (χ1) is 27.7. The van der Waals surface area contributed by atoms with Gasteiger partial charge in [-0.15, -0.1) is 0 Å². The van der Waals surface area contributed by atoms with Crippen molar-refractivity contribution >= 4 is 56.2 Å². The molecule has 0 bridgehead atoms. The van der Waals surface area contributed by atoms with Crippen LogP contribution in [0.4, 0.5) is 13.2 Å². The number of carbonyl (C=O) groups excluding carboxylic acids is 3. The normalized spacial score (nSPS) is 20.0. The molecular formula is C41H39ClF3N6O6Si. The zero-order valence-corrected chi connectivity index (χ0v) is 33.5. The Kier molecular flexibility index (Phi) is 12.0. The lowest BCUT2D eigenvalue weighted by molar-refractivity contribution is -0.136. The summed E-state index contributed by atoms with van der Waals surface area (Å²) in [5.41, 5.74) is 3.79. The van der Waals surface area contributed by atoms with E-state index in [1.807, 2.05) is 12.1 Å². The van der Waals surface area contributed by atoms with E-state index in [2.05, 4.69) is 52.7 Å². The molecule has 2 aromatic heterocycles. The predicted octanol–water partition coefficient (Wildman–Crippen LogP) is 4.91. The molecule has 3 aliphatic heterocycles. The van der Waals surface area contributed by atoms with Gasteiger partial charge in [-0.1, -0.05) is 35.7 Å². The number of pyridine rings is 1. The van der Waals surface area contributed by atoms with E-state index in [1.54, 1.807) is 36.4 Å². The van der Waals surface area contributed by atoms with E-state index in [9.17, 15) is 27.6 Å². The number of esters is 1. The van der Waals surface area contributed by atoms with Crippen molar-refractivity contribution in [2.75, 3.05) is 33.4 Å². The molecule has 0 saturated carbocycles. The van der Waals surface area contributed by atoms with Crippen LogP contribution in [0.1, 0.15) is 53.6 Å². The molecule has 2 amide bonds. The monoisotopic (exact) mass is 831 g/mol. The number of nitrogens with zero attached hydrogens (tertiary/aromatic N) is 5. The molecule has 2 aromatic carbocycles. The van der Waals surface area contributed by atoms with Gasteiger partial charge in [0.15, 0.2) is 0 Å². The van der Waals surface area contributed by atoms with Crippen molar-refractivity contribution in [1.82, 2.24) is 29.7 Å². The highest BCUT2D eigenvalue weighted by Crippen LogP contribution is 2.33. The number of hydrogen-bond donors (Lipinski definition) is 1. The number of ether oxygens (including phenoxy) is 3.